The minimum Gasteiger partial charge on any atom is -0.483 e. The molecule has 0 saturated carbocycles. The molecule has 0 aromatic heterocycles. The molecule has 2 aromatic rings. The van der Waals surface area contributed by atoms with Crippen LogP contribution in [0.15, 0.2) is 42.5 Å². The van der Waals surface area contributed by atoms with Gasteiger partial charge in [-0.3, -0.25) is 4.79 Å². The first kappa shape index (κ1) is 14.3. The van der Waals surface area contributed by atoms with Crippen molar-refractivity contribution in [3.63, 3.8) is 0 Å². The molecule has 0 fully saturated rings. The molecule has 1 unspecified atom stereocenters. The molecule has 0 aliphatic heterocycles. The summed E-state index contributed by atoms with van der Waals surface area (Å²) in [6.45, 7) is 7.76. The van der Waals surface area contributed by atoms with Crippen LogP contribution >= 0.6 is 0 Å². The number of carbonyl (C=O) groups excluding carboxylic acids is 1. The third-order valence-electron chi connectivity index (χ3n) is 3.36. The van der Waals surface area contributed by atoms with E-state index in [4.69, 9.17) is 4.74 Å². The van der Waals surface area contributed by atoms with Gasteiger partial charge < -0.3 is 4.74 Å². The third kappa shape index (κ3) is 3.27. The van der Waals surface area contributed by atoms with Crippen molar-refractivity contribution in [2.75, 3.05) is 0 Å². The summed E-state index contributed by atoms with van der Waals surface area (Å²) in [5.41, 5.74) is 3.98. The largest absolute Gasteiger partial charge is 0.483 e. The molecule has 0 spiro atoms. The van der Waals surface area contributed by atoms with E-state index in [1.54, 1.807) is 6.92 Å². The number of hydrogen-bond donors (Lipinski definition) is 0. The zero-order chi connectivity index (χ0) is 14.7. The third-order valence-corrected chi connectivity index (χ3v) is 3.36. The number of Topliss-reactive ketones (excluding diaryl/α,β-unsaturated/α-hetero) is 1. The molecule has 0 N–H and O–H groups in total. The van der Waals surface area contributed by atoms with Gasteiger partial charge in [0.2, 0.25) is 5.78 Å². The Morgan fingerprint density at radius 2 is 1.55 bits per heavy atom. The molecule has 0 bridgehead atoms. The van der Waals surface area contributed by atoms with Gasteiger partial charge >= 0.3 is 0 Å². The highest BCUT2D eigenvalue weighted by molar-refractivity contribution is 6.00. The molecular formula is C18H20O2. The van der Waals surface area contributed by atoms with Crippen molar-refractivity contribution in [1.82, 2.24) is 0 Å². The smallest absolute Gasteiger partial charge is 0.203 e. The maximum Gasteiger partial charge on any atom is 0.203 e. The van der Waals surface area contributed by atoms with Crippen LogP contribution in [0.4, 0.5) is 0 Å². The van der Waals surface area contributed by atoms with E-state index in [9.17, 15) is 4.79 Å². The topological polar surface area (TPSA) is 26.3 Å². The van der Waals surface area contributed by atoms with Crippen LogP contribution in [0.1, 0.15) is 34.0 Å². The van der Waals surface area contributed by atoms with E-state index < -0.39 is 6.10 Å². The van der Waals surface area contributed by atoms with Gasteiger partial charge in [-0.1, -0.05) is 35.4 Å². The van der Waals surface area contributed by atoms with E-state index in [1.165, 1.54) is 5.56 Å². The summed E-state index contributed by atoms with van der Waals surface area (Å²) in [7, 11) is 0. The van der Waals surface area contributed by atoms with Crippen molar-refractivity contribution in [3.05, 3.63) is 64.7 Å². The lowest BCUT2D eigenvalue weighted by Gasteiger charge is -2.15. The Kier molecular flexibility index (Phi) is 4.23. The monoisotopic (exact) mass is 268 g/mol. The molecule has 0 aliphatic carbocycles. The van der Waals surface area contributed by atoms with E-state index in [1.807, 2.05) is 63.2 Å². The first-order chi connectivity index (χ1) is 9.47. The molecular weight excluding hydrogens is 248 g/mol. The van der Waals surface area contributed by atoms with Crippen molar-refractivity contribution >= 4 is 5.78 Å². The fourth-order valence-electron chi connectivity index (χ4n) is 2.09. The van der Waals surface area contributed by atoms with E-state index in [0.29, 0.717) is 0 Å². The van der Waals surface area contributed by atoms with E-state index in [-0.39, 0.29) is 5.78 Å². The number of carbonyl (C=O) groups is 1. The summed E-state index contributed by atoms with van der Waals surface area (Å²) in [5, 5.41) is 0. The Labute approximate surface area is 120 Å². The summed E-state index contributed by atoms with van der Waals surface area (Å²) in [6.07, 6.45) is -0.488. The van der Waals surface area contributed by atoms with Crippen molar-refractivity contribution in [2.45, 2.75) is 33.8 Å². The highest BCUT2D eigenvalue weighted by Gasteiger charge is 2.18. The van der Waals surface area contributed by atoms with Crippen LogP contribution in [0, 0.1) is 20.8 Å². The minimum absolute atomic E-state index is 0.0202. The molecule has 104 valence electrons. The highest BCUT2D eigenvalue weighted by Crippen LogP contribution is 2.18. The molecule has 2 nitrogen and oxygen atoms in total. The van der Waals surface area contributed by atoms with Crippen LogP contribution in [0.2, 0.25) is 0 Å². The van der Waals surface area contributed by atoms with Crippen LogP contribution in [-0.4, -0.2) is 11.9 Å². The maximum absolute atomic E-state index is 12.5. The van der Waals surface area contributed by atoms with Gasteiger partial charge in [-0.05, 0) is 51.5 Å². The van der Waals surface area contributed by atoms with Crippen molar-refractivity contribution in [3.8, 4) is 5.75 Å². The molecule has 0 aliphatic rings. The second-order valence-electron chi connectivity index (χ2n) is 5.26. The lowest BCUT2D eigenvalue weighted by atomic mass is 9.99. The molecule has 2 aromatic carbocycles. The second-order valence-corrected chi connectivity index (χ2v) is 5.26. The minimum atomic E-state index is -0.488. The summed E-state index contributed by atoms with van der Waals surface area (Å²) < 4.78 is 5.73. The Morgan fingerprint density at radius 3 is 2.20 bits per heavy atom. The summed E-state index contributed by atoms with van der Waals surface area (Å²) in [6, 6.07) is 13.6. The number of aryl methyl sites for hydroxylation is 3. The quantitative estimate of drug-likeness (QED) is 0.774. The first-order valence-corrected chi connectivity index (χ1v) is 6.82. The van der Waals surface area contributed by atoms with Crippen molar-refractivity contribution < 1.29 is 9.53 Å². The van der Waals surface area contributed by atoms with Crippen LogP contribution in [0.3, 0.4) is 0 Å². The SMILES string of the molecule is Cc1ccc(OC(C)C(=O)c2cc(C)ccc2C)cc1. The van der Waals surface area contributed by atoms with E-state index in [2.05, 4.69) is 0 Å². The average Bonchev–Trinajstić information content (AvgIpc) is 2.43. The number of ether oxygens (including phenoxy) is 1. The fraction of sp³-hybridized carbons (Fsp3) is 0.278. The Bertz CT molecular complexity index is 612. The van der Waals surface area contributed by atoms with Crippen LogP contribution in [-0.2, 0) is 0 Å². The molecule has 0 amide bonds. The lowest BCUT2D eigenvalue weighted by molar-refractivity contribution is 0.0817. The van der Waals surface area contributed by atoms with Gasteiger partial charge in [-0.2, -0.15) is 0 Å². The van der Waals surface area contributed by atoms with E-state index in [0.717, 1.165) is 22.4 Å². The number of hydrogen-bond acceptors (Lipinski definition) is 2. The number of rotatable bonds is 4. The number of ketones is 1. The summed E-state index contributed by atoms with van der Waals surface area (Å²) in [5.74, 6) is 0.744. The lowest BCUT2D eigenvalue weighted by Crippen LogP contribution is -2.24. The normalized spacial score (nSPS) is 12.0. The van der Waals surface area contributed by atoms with Gasteiger partial charge in [-0.15, -0.1) is 0 Å². The average molecular weight is 268 g/mol. The molecule has 0 radical (unpaired) electrons. The predicted octanol–water partition coefficient (Wildman–Crippen LogP) is 4.26. The van der Waals surface area contributed by atoms with Gasteiger partial charge in [0, 0.05) is 5.56 Å². The number of benzene rings is 2. The Morgan fingerprint density at radius 1 is 0.950 bits per heavy atom. The van der Waals surface area contributed by atoms with Gasteiger partial charge in [0.25, 0.3) is 0 Å². The standard InChI is InChI=1S/C18H20O2/c1-12-6-9-16(10-7-12)20-15(4)18(19)17-11-13(2)5-8-14(17)3/h5-11,15H,1-4H3. The van der Waals surface area contributed by atoms with Gasteiger partial charge in [0.1, 0.15) is 5.75 Å². The first-order valence-electron chi connectivity index (χ1n) is 6.82. The van der Waals surface area contributed by atoms with Gasteiger partial charge in [0.15, 0.2) is 6.10 Å². The van der Waals surface area contributed by atoms with Gasteiger partial charge in [0.05, 0.1) is 0 Å². The Balaban J connectivity index is 2.16. The van der Waals surface area contributed by atoms with Crippen molar-refractivity contribution in [1.29, 1.82) is 0 Å². The molecule has 1 atom stereocenters. The Hall–Kier alpha value is -2.09. The summed E-state index contributed by atoms with van der Waals surface area (Å²) >= 11 is 0. The highest BCUT2D eigenvalue weighted by atomic mass is 16.5. The molecule has 2 rings (SSSR count). The zero-order valence-corrected chi connectivity index (χ0v) is 12.4. The molecule has 20 heavy (non-hydrogen) atoms. The summed E-state index contributed by atoms with van der Waals surface area (Å²) in [4.78, 5) is 12.5. The molecule has 0 saturated heterocycles. The van der Waals surface area contributed by atoms with E-state index >= 15 is 0 Å². The van der Waals surface area contributed by atoms with Crippen LogP contribution in [0.5, 0.6) is 5.75 Å². The molecule has 0 heterocycles. The van der Waals surface area contributed by atoms with Crippen LogP contribution in [0.25, 0.3) is 0 Å². The molecule has 2 heteroatoms. The van der Waals surface area contributed by atoms with Crippen LogP contribution < -0.4 is 4.74 Å². The zero-order valence-electron chi connectivity index (χ0n) is 12.4. The predicted molar refractivity (Wildman–Crippen MR) is 81.5 cm³/mol. The maximum atomic E-state index is 12.5. The van der Waals surface area contributed by atoms with Gasteiger partial charge in [-0.25, -0.2) is 0 Å². The second kappa shape index (κ2) is 5.91. The van der Waals surface area contributed by atoms with Crippen molar-refractivity contribution in [2.24, 2.45) is 0 Å². The fourth-order valence-corrected chi connectivity index (χ4v) is 2.09.